The zero-order valence-corrected chi connectivity index (χ0v) is 19.0. The average Bonchev–Trinajstić information content (AvgIpc) is 3.32. The van der Waals surface area contributed by atoms with Crippen molar-refractivity contribution in [3.05, 3.63) is 58.1 Å². The molecule has 1 N–H and O–H groups in total. The summed E-state index contributed by atoms with van der Waals surface area (Å²) in [6, 6.07) is 11.3. The lowest BCUT2D eigenvalue weighted by Gasteiger charge is -2.27. The van der Waals surface area contributed by atoms with Crippen molar-refractivity contribution in [2.24, 2.45) is 11.8 Å². The van der Waals surface area contributed by atoms with E-state index in [2.05, 4.69) is 5.32 Å². The molecule has 0 heterocycles. The van der Waals surface area contributed by atoms with Crippen LogP contribution in [0.2, 0.25) is 10.0 Å². The van der Waals surface area contributed by atoms with Gasteiger partial charge in [0, 0.05) is 6.04 Å². The Morgan fingerprint density at radius 3 is 2.40 bits per heavy atom. The number of sulfonamides is 1. The molecule has 2 aliphatic carbocycles. The molecule has 1 amide bonds. The molecule has 0 spiro atoms. The molecule has 2 saturated carbocycles. The molecule has 30 heavy (non-hydrogen) atoms. The summed E-state index contributed by atoms with van der Waals surface area (Å²) in [7, 11) is -3.97. The third-order valence-electron chi connectivity index (χ3n) is 6.17. The molecule has 2 aliphatic rings. The first-order valence-electron chi connectivity index (χ1n) is 10.1. The molecule has 8 heteroatoms. The minimum absolute atomic E-state index is 0.117. The Morgan fingerprint density at radius 1 is 1.07 bits per heavy atom. The molecule has 0 aromatic heterocycles. The summed E-state index contributed by atoms with van der Waals surface area (Å²) in [4.78, 5) is 13.0. The summed E-state index contributed by atoms with van der Waals surface area (Å²) < 4.78 is 27.9. The molecule has 0 radical (unpaired) electrons. The van der Waals surface area contributed by atoms with E-state index < -0.39 is 10.0 Å². The smallest absolute Gasteiger partial charge is 0.264 e. The summed E-state index contributed by atoms with van der Waals surface area (Å²) in [5, 5.41) is 3.61. The Kier molecular flexibility index (Phi) is 6.02. The largest absolute Gasteiger partial charge is 0.352 e. The van der Waals surface area contributed by atoms with Gasteiger partial charge in [-0.05, 0) is 68.4 Å². The summed E-state index contributed by atoms with van der Waals surface area (Å²) >= 11 is 12.1. The first kappa shape index (κ1) is 21.5. The highest BCUT2D eigenvalue weighted by atomic mass is 35.5. The molecule has 2 aromatic carbocycles. The third kappa shape index (κ3) is 4.32. The number of carbonyl (C=O) groups is 1. The second-order valence-electron chi connectivity index (χ2n) is 8.27. The molecule has 2 bridgehead atoms. The zero-order valence-electron chi connectivity index (χ0n) is 16.6. The van der Waals surface area contributed by atoms with E-state index in [4.69, 9.17) is 23.2 Å². The summed E-state index contributed by atoms with van der Waals surface area (Å²) in [6.45, 7) is 1.57. The second kappa shape index (κ2) is 8.40. The monoisotopic (exact) mass is 466 g/mol. The number of halogens is 2. The van der Waals surface area contributed by atoms with Gasteiger partial charge in [0.25, 0.3) is 10.0 Å². The van der Waals surface area contributed by atoms with E-state index in [-0.39, 0.29) is 28.4 Å². The maximum Gasteiger partial charge on any atom is 0.264 e. The molecule has 0 unspecified atom stereocenters. The van der Waals surface area contributed by atoms with Gasteiger partial charge in [0.15, 0.2) is 0 Å². The molecular weight excluding hydrogens is 443 g/mol. The van der Waals surface area contributed by atoms with Crippen LogP contribution in [0.25, 0.3) is 0 Å². The number of hydrogen-bond donors (Lipinski definition) is 1. The Morgan fingerprint density at radius 2 is 1.80 bits per heavy atom. The van der Waals surface area contributed by atoms with Gasteiger partial charge in [0.05, 0.1) is 20.6 Å². The molecule has 0 saturated heterocycles. The number of hydrogen-bond acceptors (Lipinski definition) is 3. The number of aryl methyl sites for hydroxylation is 1. The van der Waals surface area contributed by atoms with Crippen LogP contribution in [0.4, 0.5) is 5.69 Å². The first-order valence-corrected chi connectivity index (χ1v) is 12.3. The third-order valence-corrected chi connectivity index (χ3v) is 8.70. The van der Waals surface area contributed by atoms with Crippen LogP contribution in [0.15, 0.2) is 47.4 Å². The van der Waals surface area contributed by atoms with Crippen LogP contribution in [0.5, 0.6) is 0 Å². The molecule has 4 rings (SSSR count). The maximum absolute atomic E-state index is 13.4. The van der Waals surface area contributed by atoms with E-state index >= 15 is 0 Å². The van der Waals surface area contributed by atoms with E-state index in [9.17, 15) is 13.2 Å². The van der Waals surface area contributed by atoms with Crippen LogP contribution in [0.3, 0.4) is 0 Å². The van der Waals surface area contributed by atoms with E-state index in [0.29, 0.717) is 22.5 Å². The highest BCUT2D eigenvalue weighted by Crippen LogP contribution is 2.44. The number of benzene rings is 2. The Bertz CT molecular complexity index is 1060. The number of nitrogens with one attached hydrogen (secondary N) is 1. The van der Waals surface area contributed by atoms with Crippen molar-refractivity contribution in [1.82, 2.24) is 5.32 Å². The highest BCUT2D eigenvalue weighted by Gasteiger charge is 2.40. The van der Waals surface area contributed by atoms with Crippen LogP contribution in [-0.4, -0.2) is 26.9 Å². The van der Waals surface area contributed by atoms with Crippen LogP contribution in [0.1, 0.15) is 31.2 Å². The van der Waals surface area contributed by atoms with Crippen molar-refractivity contribution in [1.29, 1.82) is 0 Å². The van der Waals surface area contributed by atoms with E-state index in [1.165, 1.54) is 18.6 Å². The Labute approximate surface area is 187 Å². The van der Waals surface area contributed by atoms with Crippen molar-refractivity contribution < 1.29 is 13.2 Å². The molecule has 3 atom stereocenters. The predicted octanol–water partition coefficient (Wildman–Crippen LogP) is 4.80. The Hall–Kier alpha value is -1.76. The van der Waals surface area contributed by atoms with E-state index in [1.807, 2.05) is 6.92 Å². The van der Waals surface area contributed by atoms with Crippen LogP contribution in [0, 0.1) is 18.8 Å². The van der Waals surface area contributed by atoms with Crippen LogP contribution >= 0.6 is 23.2 Å². The lowest BCUT2D eigenvalue weighted by Crippen LogP contribution is -2.46. The van der Waals surface area contributed by atoms with Crippen molar-refractivity contribution in [2.75, 3.05) is 10.8 Å². The van der Waals surface area contributed by atoms with Crippen LogP contribution in [-0.2, 0) is 14.8 Å². The predicted molar refractivity (Wildman–Crippen MR) is 120 cm³/mol. The van der Waals surface area contributed by atoms with Crippen molar-refractivity contribution >= 4 is 44.8 Å². The lowest BCUT2D eigenvalue weighted by atomic mass is 9.95. The van der Waals surface area contributed by atoms with Gasteiger partial charge in [-0.2, -0.15) is 0 Å². The van der Waals surface area contributed by atoms with Crippen molar-refractivity contribution in [3.63, 3.8) is 0 Å². The minimum atomic E-state index is -3.97. The quantitative estimate of drug-likeness (QED) is 0.664. The molecular formula is C22H24Cl2N2O3S. The topological polar surface area (TPSA) is 66.5 Å². The van der Waals surface area contributed by atoms with Crippen molar-refractivity contribution in [3.8, 4) is 0 Å². The molecule has 0 aliphatic heterocycles. The van der Waals surface area contributed by atoms with Gasteiger partial charge < -0.3 is 5.32 Å². The fraction of sp³-hybridized carbons (Fsp3) is 0.409. The molecule has 2 aromatic rings. The number of rotatable bonds is 6. The normalized spacial score (nSPS) is 22.8. The standard InChI is InChI=1S/C22H24Cl2N2O3S/c1-14-2-7-18(8-3-14)30(28,29)26(17-6-9-19(23)20(24)12-17)13-22(27)25-21-11-15-4-5-16(21)10-15/h2-3,6-9,12,15-16,21H,4-5,10-11,13H2,1H3,(H,25,27)/t15-,16-,21+/m1/s1. The van der Waals surface area contributed by atoms with Crippen molar-refractivity contribution in [2.45, 2.75) is 43.5 Å². The molecule has 5 nitrogen and oxygen atoms in total. The summed E-state index contributed by atoms with van der Waals surface area (Å²) in [5.41, 5.74) is 1.25. The summed E-state index contributed by atoms with van der Waals surface area (Å²) in [5.74, 6) is 0.878. The fourth-order valence-corrected chi connectivity index (χ4v) is 6.30. The van der Waals surface area contributed by atoms with Crippen LogP contribution < -0.4 is 9.62 Å². The van der Waals surface area contributed by atoms with Gasteiger partial charge in [-0.15, -0.1) is 0 Å². The minimum Gasteiger partial charge on any atom is -0.352 e. The van der Waals surface area contributed by atoms with Gasteiger partial charge in [-0.25, -0.2) is 8.42 Å². The lowest BCUT2D eigenvalue weighted by molar-refractivity contribution is -0.120. The second-order valence-corrected chi connectivity index (χ2v) is 10.9. The van der Waals surface area contributed by atoms with Gasteiger partial charge in [0.1, 0.15) is 6.54 Å². The van der Waals surface area contributed by atoms with E-state index in [0.717, 1.165) is 29.1 Å². The highest BCUT2D eigenvalue weighted by molar-refractivity contribution is 7.92. The Balaban J connectivity index is 1.62. The number of fused-ring (bicyclic) bond motifs is 2. The summed E-state index contributed by atoms with van der Waals surface area (Å²) in [6.07, 6.45) is 4.50. The SMILES string of the molecule is Cc1ccc(S(=O)(=O)N(CC(=O)N[C@H]2C[C@@H]3CC[C@@H]2C3)c2ccc(Cl)c(Cl)c2)cc1. The number of nitrogens with zero attached hydrogens (tertiary/aromatic N) is 1. The zero-order chi connectivity index (χ0) is 21.5. The van der Waals surface area contributed by atoms with E-state index in [1.54, 1.807) is 30.3 Å². The first-order chi connectivity index (χ1) is 14.2. The molecule has 2 fully saturated rings. The number of anilines is 1. The number of amides is 1. The van der Waals surface area contributed by atoms with Gasteiger partial charge in [-0.3, -0.25) is 9.10 Å². The average molecular weight is 467 g/mol. The van der Waals surface area contributed by atoms with Gasteiger partial charge in [-0.1, -0.05) is 47.3 Å². The number of carbonyl (C=O) groups excluding carboxylic acids is 1. The van der Waals surface area contributed by atoms with Gasteiger partial charge in [0.2, 0.25) is 5.91 Å². The maximum atomic E-state index is 13.4. The molecule has 160 valence electrons. The van der Waals surface area contributed by atoms with Gasteiger partial charge >= 0.3 is 0 Å². The fourth-order valence-electron chi connectivity index (χ4n) is 4.60.